The molecule has 1 rings (SSSR count). The monoisotopic (exact) mass is 212 g/mol. The van der Waals surface area contributed by atoms with Gasteiger partial charge < -0.3 is 4.74 Å². The summed E-state index contributed by atoms with van der Waals surface area (Å²) < 4.78 is 4.65. The van der Waals surface area contributed by atoms with Crippen LogP contribution in [0.25, 0.3) is 0 Å². The second-order valence-corrected chi connectivity index (χ2v) is 4.29. The predicted molar refractivity (Wildman–Crippen MR) is 57.4 cm³/mol. The van der Waals surface area contributed by atoms with Gasteiger partial charge in [-0.2, -0.15) is 0 Å². The molecule has 0 unspecified atom stereocenters. The van der Waals surface area contributed by atoms with Crippen molar-refractivity contribution in [3.8, 4) is 0 Å². The van der Waals surface area contributed by atoms with Crippen LogP contribution in [0.4, 0.5) is 0 Å². The van der Waals surface area contributed by atoms with Crippen molar-refractivity contribution in [1.29, 1.82) is 0 Å². The highest BCUT2D eigenvalue weighted by Crippen LogP contribution is 2.34. The quantitative estimate of drug-likeness (QED) is 0.657. The third kappa shape index (κ3) is 3.33. The van der Waals surface area contributed by atoms with E-state index in [0.717, 1.165) is 25.7 Å². The summed E-state index contributed by atoms with van der Waals surface area (Å²) in [5.41, 5.74) is 0. The van der Waals surface area contributed by atoms with Crippen LogP contribution >= 0.6 is 0 Å². The minimum Gasteiger partial charge on any atom is -0.469 e. The molecule has 0 N–H and O–H groups in total. The third-order valence-corrected chi connectivity index (χ3v) is 3.27. The third-order valence-electron chi connectivity index (χ3n) is 3.27. The van der Waals surface area contributed by atoms with Gasteiger partial charge in [0.1, 0.15) is 5.78 Å². The standard InChI is InChI=1S/C12H20O3/c1-3-4-5-10-9(6-7-11(10)13)8-12(14)15-2/h9-10H,3-8H2,1-2H3/t9-,10-/m0/s1. The molecular weight excluding hydrogens is 192 g/mol. The number of carbonyl (C=O) groups excluding carboxylic acids is 2. The molecule has 86 valence electrons. The molecule has 0 heterocycles. The molecule has 1 aliphatic carbocycles. The number of esters is 1. The number of hydrogen-bond acceptors (Lipinski definition) is 3. The number of rotatable bonds is 5. The summed E-state index contributed by atoms with van der Waals surface area (Å²) in [5.74, 6) is 0.508. The highest BCUT2D eigenvalue weighted by atomic mass is 16.5. The van der Waals surface area contributed by atoms with Crippen LogP contribution in [0.5, 0.6) is 0 Å². The van der Waals surface area contributed by atoms with Crippen molar-refractivity contribution in [1.82, 2.24) is 0 Å². The van der Waals surface area contributed by atoms with E-state index in [9.17, 15) is 9.59 Å². The summed E-state index contributed by atoms with van der Waals surface area (Å²) in [4.78, 5) is 22.8. The fourth-order valence-electron chi connectivity index (χ4n) is 2.34. The minimum absolute atomic E-state index is 0.115. The summed E-state index contributed by atoms with van der Waals surface area (Å²) in [7, 11) is 1.40. The largest absolute Gasteiger partial charge is 0.469 e. The van der Waals surface area contributed by atoms with E-state index in [-0.39, 0.29) is 17.8 Å². The zero-order valence-electron chi connectivity index (χ0n) is 9.62. The fraction of sp³-hybridized carbons (Fsp3) is 0.833. The van der Waals surface area contributed by atoms with Gasteiger partial charge in [0.2, 0.25) is 0 Å². The second-order valence-electron chi connectivity index (χ2n) is 4.29. The molecule has 0 amide bonds. The van der Waals surface area contributed by atoms with Gasteiger partial charge in [0, 0.05) is 18.8 Å². The maximum Gasteiger partial charge on any atom is 0.305 e. The van der Waals surface area contributed by atoms with Gasteiger partial charge >= 0.3 is 5.97 Å². The van der Waals surface area contributed by atoms with Crippen molar-refractivity contribution in [2.24, 2.45) is 11.8 Å². The van der Waals surface area contributed by atoms with E-state index in [2.05, 4.69) is 11.7 Å². The smallest absolute Gasteiger partial charge is 0.305 e. The maximum atomic E-state index is 11.6. The van der Waals surface area contributed by atoms with Crippen LogP contribution < -0.4 is 0 Å². The minimum atomic E-state index is -0.184. The van der Waals surface area contributed by atoms with Crippen LogP contribution in [0.15, 0.2) is 0 Å². The summed E-state index contributed by atoms with van der Waals surface area (Å²) >= 11 is 0. The first kappa shape index (κ1) is 12.2. The van der Waals surface area contributed by atoms with Gasteiger partial charge in [0.25, 0.3) is 0 Å². The molecule has 15 heavy (non-hydrogen) atoms. The Labute approximate surface area is 91.2 Å². The number of carbonyl (C=O) groups is 2. The molecule has 1 fully saturated rings. The molecular formula is C12H20O3. The van der Waals surface area contributed by atoms with E-state index < -0.39 is 0 Å². The Morgan fingerprint density at radius 3 is 2.87 bits per heavy atom. The van der Waals surface area contributed by atoms with Gasteiger partial charge in [0.15, 0.2) is 0 Å². The molecule has 0 radical (unpaired) electrons. The highest BCUT2D eigenvalue weighted by Gasteiger charge is 2.35. The van der Waals surface area contributed by atoms with E-state index in [1.54, 1.807) is 0 Å². The maximum absolute atomic E-state index is 11.6. The van der Waals surface area contributed by atoms with Crippen molar-refractivity contribution in [2.75, 3.05) is 7.11 Å². The van der Waals surface area contributed by atoms with Crippen LogP contribution in [0.3, 0.4) is 0 Å². The molecule has 0 bridgehead atoms. The van der Waals surface area contributed by atoms with Crippen molar-refractivity contribution in [2.45, 2.75) is 45.4 Å². The van der Waals surface area contributed by atoms with Crippen LogP contribution in [0.1, 0.15) is 45.4 Å². The zero-order valence-corrected chi connectivity index (χ0v) is 9.62. The van der Waals surface area contributed by atoms with Crippen molar-refractivity contribution in [3.63, 3.8) is 0 Å². The number of ketones is 1. The SMILES string of the molecule is CCCC[C@@H]1C(=O)CC[C@H]1CC(=O)OC. The van der Waals surface area contributed by atoms with Gasteiger partial charge in [-0.05, 0) is 18.8 Å². The second kappa shape index (κ2) is 5.89. The first-order chi connectivity index (χ1) is 7.19. The molecule has 0 aromatic carbocycles. The molecule has 0 saturated heterocycles. The van der Waals surface area contributed by atoms with Crippen LogP contribution in [0, 0.1) is 11.8 Å². The number of methoxy groups -OCH3 is 1. The average Bonchev–Trinajstić information content (AvgIpc) is 2.57. The van der Waals surface area contributed by atoms with Crippen molar-refractivity contribution >= 4 is 11.8 Å². The van der Waals surface area contributed by atoms with Gasteiger partial charge in [-0.3, -0.25) is 9.59 Å². The van der Waals surface area contributed by atoms with Gasteiger partial charge in [-0.25, -0.2) is 0 Å². The Hall–Kier alpha value is -0.860. The summed E-state index contributed by atoms with van der Waals surface area (Å²) in [6.07, 6.45) is 5.05. The highest BCUT2D eigenvalue weighted by molar-refractivity contribution is 5.84. The van der Waals surface area contributed by atoms with E-state index in [0.29, 0.717) is 18.6 Å². The first-order valence-electron chi connectivity index (χ1n) is 5.78. The predicted octanol–water partition coefficient (Wildman–Crippen LogP) is 2.33. The topological polar surface area (TPSA) is 43.4 Å². The first-order valence-corrected chi connectivity index (χ1v) is 5.78. The summed E-state index contributed by atoms with van der Waals surface area (Å²) in [6, 6.07) is 0. The molecule has 3 nitrogen and oxygen atoms in total. The Morgan fingerprint density at radius 2 is 2.27 bits per heavy atom. The molecule has 1 aliphatic rings. The molecule has 3 heteroatoms. The molecule has 0 spiro atoms. The van der Waals surface area contributed by atoms with Crippen molar-refractivity contribution < 1.29 is 14.3 Å². The number of hydrogen-bond donors (Lipinski definition) is 0. The molecule has 2 atom stereocenters. The number of ether oxygens (including phenoxy) is 1. The molecule has 1 saturated carbocycles. The lowest BCUT2D eigenvalue weighted by Gasteiger charge is -2.16. The normalized spacial score (nSPS) is 25.6. The molecule has 0 aliphatic heterocycles. The Kier molecular flexibility index (Phi) is 4.79. The summed E-state index contributed by atoms with van der Waals surface area (Å²) in [5, 5.41) is 0. The lowest BCUT2D eigenvalue weighted by atomic mass is 9.88. The Morgan fingerprint density at radius 1 is 1.53 bits per heavy atom. The Balaban J connectivity index is 2.47. The molecule has 0 aromatic heterocycles. The Bertz CT molecular complexity index is 235. The fourth-order valence-corrected chi connectivity index (χ4v) is 2.34. The lowest BCUT2D eigenvalue weighted by Crippen LogP contribution is -2.18. The van der Waals surface area contributed by atoms with Crippen LogP contribution in [-0.4, -0.2) is 18.9 Å². The zero-order chi connectivity index (χ0) is 11.3. The number of unbranched alkanes of at least 4 members (excludes halogenated alkanes) is 1. The number of Topliss-reactive ketones (excluding diaryl/α,β-unsaturated/α-hetero) is 1. The molecule has 0 aromatic rings. The van der Waals surface area contributed by atoms with E-state index in [1.807, 2.05) is 0 Å². The average molecular weight is 212 g/mol. The van der Waals surface area contributed by atoms with Gasteiger partial charge in [-0.15, -0.1) is 0 Å². The van der Waals surface area contributed by atoms with Crippen molar-refractivity contribution in [3.05, 3.63) is 0 Å². The summed E-state index contributed by atoms with van der Waals surface area (Å²) in [6.45, 7) is 2.12. The van der Waals surface area contributed by atoms with E-state index in [4.69, 9.17) is 0 Å². The lowest BCUT2D eigenvalue weighted by molar-refractivity contribution is -0.142. The van der Waals surface area contributed by atoms with Gasteiger partial charge in [0.05, 0.1) is 7.11 Å². The van der Waals surface area contributed by atoms with E-state index >= 15 is 0 Å². The van der Waals surface area contributed by atoms with E-state index in [1.165, 1.54) is 7.11 Å². The van der Waals surface area contributed by atoms with Crippen LogP contribution in [-0.2, 0) is 14.3 Å². The van der Waals surface area contributed by atoms with Gasteiger partial charge in [-0.1, -0.05) is 19.8 Å². The van der Waals surface area contributed by atoms with Crippen LogP contribution in [0.2, 0.25) is 0 Å².